The maximum absolute atomic E-state index is 11.8. The molecule has 1 unspecified atom stereocenters. The van der Waals surface area contributed by atoms with Crippen LogP contribution in [0.4, 0.5) is 5.95 Å². The standard InChI is InChI=1S/C12H14ClN3O4/c1-2-20-11(19)8-5-14-12(15-10(8)18)16-6-7(4-13)3-9(16)17/h5,7H,2-4,6H2,1H3,(H,14,15,18). The van der Waals surface area contributed by atoms with E-state index >= 15 is 0 Å². The Bertz CT molecular complexity index is 586. The number of aromatic amines is 1. The van der Waals surface area contributed by atoms with E-state index in [0.29, 0.717) is 18.8 Å². The molecule has 20 heavy (non-hydrogen) atoms. The summed E-state index contributed by atoms with van der Waals surface area (Å²) < 4.78 is 4.73. The van der Waals surface area contributed by atoms with E-state index in [9.17, 15) is 14.4 Å². The molecule has 0 bridgehead atoms. The number of amides is 1. The van der Waals surface area contributed by atoms with Gasteiger partial charge in [-0.05, 0) is 12.8 Å². The molecule has 1 aliphatic heterocycles. The molecule has 1 aromatic heterocycles. The molecule has 1 saturated heterocycles. The number of hydrogen-bond donors (Lipinski definition) is 1. The summed E-state index contributed by atoms with van der Waals surface area (Å²) >= 11 is 5.73. The minimum absolute atomic E-state index is 0.0409. The molecule has 1 fully saturated rings. The fourth-order valence-corrected chi connectivity index (χ4v) is 2.17. The second-order valence-electron chi connectivity index (χ2n) is 4.40. The van der Waals surface area contributed by atoms with Crippen molar-refractivity contribution in [3.63, 3.8) is 0 Å². The van der Waals surface area contributed by atoms with E-state index < -0.39 is 11.5 Å². The third-order valence-electron chi connectivity index (χ3n) is 2.96. The molecule has 0 aliphatic carbocycles. The van der Waals surface area contributed by atoms with Gasteiger partial charge in [0.25, 0.3) is 5.56 Å². The van der Waals surface area contributed by atoms with Crippen LogP contribution < -0.4 is 10.5 Å². The highest BCUT2D eigenvalue weighted by atomic mass is 35.5. The zero-order valence-corrected chi connectivity index (χ0v) is 11.6. The summed E-state index contributed by atoms with van der Waals surface area (Å²) in [5.74, 6) is -0.352. The van der Waals surface area contributed by atoms with Gasteiger partial charge in [0, 0.05) is 18.8 Å². The van der Waals surface area contributed by atoms with Gasteiger partial charge in [0.15, 0.2) is 0 Å². The Morgan fingerprint density at radius 3 is 2.90 bits per heavy atom. The van der Waals surface area contributed by atoms with Gasteiger partial charge in [-0.2, -0.15) is 0 Å². The van der Waals surface area contributed by atoms with Crippen molar-refractivity contribution >= 4 is 29.4 Å². The lowest BCUT2D eigenvalue weighted by Gasteiger charge is -2.14. The fraction of sp³-hybridized carbons (Fsp3) is 0.500. The topological polar surface area (TPSA) is 92.4 Å². The number of ether oxygens (including phenoxy) is 1. The van der Waals surface area contributed by atoms with Gasteiger partial charge in [-0.15, -0.1) is 11.6 Å². The number of anilines is 1. The van der Waals surface area contributed by atoms with Gasteiger partial charge in [-0.25, -0.2) is 9.78 Å². The lowest BCUT2D eigenvalue weighted by molar-refractivity contribution is -0.117. The first-order valence-electron chi connectivity index (χ1n) is 6.19. The van der Waals surface area contributed by atoms with Crippen molar-refractivity contribution in [3.8, 4) is 0 Å². The number of esters is 1. The van der Waals surface area contributed by atoms with Crippen molar-refractivity contribution < 1.29 is 14.3 Å². The number of nitrogens with one attached hydrogen (secondary N) is 1. The number of halogens is 1. The van der Waals surface area contributed by atoms with Crippen LogP contribution in [0.2, 0.25) is 0 Å². The third kappa shape index (κ3) is 2.82. The van der Waals surface area contributed by atoms with E-state index in [2.05, 4.69) is 9.97 Å². The Kier molecular flexibility index (Phi) is 4.39. The summed E-state index contributed by atoms with van der Waals surface area (Å²) in [6, 6.07) is 0. The fourth-order valence-electron chi connectivity index (χ4n) is 1.97. The first kappa shape index (κ1) is 14.5. The normalized spacial score (nSPS) is 18.4. The molecule has 1 aliphatic rings. The molecular weight excluding hydrogens is 286 g/mol. The zero-order chi connectivity index (χ0) is 14.7. The molecule has 0 saturated carbocycles. The van der Waals surface area contributed by atoms with Gasteiger partial charge in [0.05, 0.1) is 12.8 Å². The van der Waals surface area contributed by atoms with E-state index in [1.165, 1.54) is 4.90 Å². The summed E-state index contributed by atoms with van der Waals surface area (Å²) in [5.41, 5.74) is -0.813. The molecule has 108 valence electrons. The highest BCUT2D eigenvalue weighted by molar-refractivity contribution is 6.18. The Labute approximate surface area is 119 Å². The number of carbonyl (C=O) groups is 2. The SMILES string of the molecule is CCOC(=O)c1cnc(N2CC(CCl)CC2=O)[nH]c1=O. The molecule has 1 aromatic rings. The Morgan fingerprint density at radius 2 is 2.35 bits per heavy atom. The molecule has 2 rings (SSSR count). The van der Waals surface area contributed by atoms with Crippen molar-refractivity contribution in [2.45, 2.75) is 13.3 Å². The van der Waals surface area contributed by atoms with Crippen LogP contribution in [0.1, 0.15) is 23.7 Å². The highest BCUT2D eigenvalue weighted by Crippen LogP contribution is 2.22. The first-order chi connectivity index (χ1) is 9.56. The van der Waals surface area contributed by atoms with E-state index in [1.807, 2.05) is 0 Å². The summed E-state index contributed by atoms with van der Waals surface area (Å²) in [7, 11) is 0. The summed E-state index contributed by atoms with van der Waals surface area (Å²) in [4.78, 5) is 42.8. The Balaban J connectivity index is 2.24. The largest absolute Gasteiger partial charge is 0.462 e. The minimum Gasteiger partial charge on any atom is -0.462 e. The quantitative estimate of drug-likeness (QED) is 0.647. The highest BCUT2D eigenvalue weighted by Gasteiger charge is 2.31. The van der Waals surface area contributed by atoms with Gasteiger partial charge in [0.1, 0.15) is 5.56 Å². The lowest BCUT2D eigenvalue weighted by Crippen LogP contribution is -2.30. The van der Waals surface area contributed by atoms with E-state index in [0.717, 1.165) is 6.20 Å². The second kappa shape index (κ2) is 6.04. The predicted octanol–water partition coefficient (Wildman–Crippen LogP) is 0.538. The average Bonchev–Trinajstić information content (AvgIpc) is 2.80. The number of rotatable bonds is 4. The van der Waals surface area contributed by atoms with Crippen LogP contribution >= 0.6 is 11.6 Å². The summed E-state index contributed by atoms with van der Waals surface area (Å²) in [5, 5.41) is 0. The second-order valence-corrected chi connectivity index (χ2v) is 4.71. The molecular formula is C12H14ClN3O4. The number of H-pyrrole nitrogens is 1. The summed E-state index contributed by atoms with van der Waals surface area (Å²) in [6.07, 6.45) is 1.44. The first-order valence-corrected chi connectivity index (χ1v) is 6.73. The van der Waals surface area contributed by atoms with Gasteiger partial charge < -0.3 is 4.74 Å². The van der Waals surface area contributed by atoms with Gasteiger partial charge >= 0.3 is 5.97 Å². The van der Waals surface area contributed by atoms with E-state index in [4.69, 9.17) is 16.3 Å². The number of alkyl halides is 1. The molecule has 0 radical (unpaired) electrons. The van der Waals surface area contributed by atoms with E-state index in [-0.39, 0.29) is 29.9 Å². The number of nitrogens with zero attached hydrogens (tertiary/aromatic N) is 2. The number of carbonyl (C=O) groups excluding carboxylic acids is 2. The molecule has 0 spiro atoms. The lowest BCUT2D eigenvalue weighted by atomic mass is 10.2. The van der Waals surface area contributed by atoms with Crippen LogP contribution in [0.25, 0.3) is 0 Å². The maximum atomic E-state index is 11.8. The molecule has 1 atom stereocenters. The number of hydrogen-bond acceptors (Lipinski definition) is 5. The van der Waals surface area contributed by atoms with Crippen LogP contribution in [-0.2, 0) is 9.53 Å². The van der Waals surface area contributed by atoms with Crippen LogP contribution in [0.3, 0.4) is 0 Å². The Hall–Kier alpha value is -1.89. The molecule has 0 aromatic carbocycles. The van der Waals surface area contributed by atoms with Crippen LogP contribution in [0.5, 0.6) is 0 Å². The summed E-state index contributed by atoms with van der Waals surface area (Å²) in [6.45, 7) is 2.22. The van der Waals surface area contributed by atoms with Gasteiger partial charge in [-0.3, -0.25) is 19.5 Å². The number of aromatic nitrogens is 2. The molecule has 1 amide bonds. The van der Waals surface area contributed by atoms with Crippen molar-refractivity contribution in [1.82, 2.24) is 9.97 Å². The Morgan fingerprint density at radius 1 is 1.60 bits per heavy atom. The van der Waals surface area contributed by atoms with Crippen molar-refractivity contribution in [3.05, 3.63) is 22.1 Å². The van der Waals surface area contributed by atoms with Crippen LogP contribution in [0.15, 0.2) is 11.0 Å². The minimum atomic E-state index is -0.737. The van der Waals surface area contributed by atoms with E-state index in [1.54, 1.807) is 6.92 Å². The molecule has 7 nitrogen and oxygen atoms in total. The smallest absolute Gasteiger partial charge is 0.345 e. The third-order valence-corrected chi connectivity index (χ3v) is 3.40. The monoisotopic (exact) mass is 299 g/mol. The molecule has 1 N–H and O–H groups in total. The average molecular weight is 300 g/mol. The van der Waals surface area contributed by atoms with Crippen molar-refractivity contribution in [2.24, 2.45) is 5.92 Å². The van der Waals surface area contributed by atoms with Crippen LogP contribution in [0, 0.1) is 5.92 Å². The van der Waals surface area contributed by atoms with Gasteiger partial charge in [0.2, 0.25) is 11.9 Å². The maximum Gasteiger partial charge on any atom is 0.345 e. The molecule has 2 heterocycles. The van der Waals surface area contributed by atoms with Crippen LogP contribution in [-0.4, -0.2) is 40.9 Å². The van der Waals surface area contributed by atoms with Gasteiger partial charge in [-0.1, -0.05) is 0 Å². The van der Waals surface area contributed by atoms with Crippen molar-refractivity contribution in [1.29, 1.82) is 0 Å². The molecule has 8 heteroatoms. The zero-order valence-electron chi connectivity index (χ0n) is 10.9. The predicted molar refractivity (Wildman–Crippen MR) is 72.0 cm³/mol. The van der Waals surface area contributed by atoms with Crippen molar-refractivity contribution in [2.75, 3.05) is 23.9 Å².